The molecule has 8 heteroatoms. The minimum Gasteiger partial charge on any atom is -0.465 e. The first-order valence-electron chi connectivity index (χ1n) is 8.13. The first-order valence-corrected chi connectivity index (χ1v) is 9.12. The first kappa shape index (κ1) is 19.0. The van der Waals surface area contributed by atoms with Gasteiger partial charge in [0.2, 0.25) is 5.91 Å². The molecule has 2 aromatic rings. The molecule has 1 aromatic heterocycles. The maximum absolute atomic E-state index is 12.2. The number of benzene rings is 1. The number of aryl methyl sites for hydroxylation is 1. The molecule has 0 aliphatic carbocycles. The summed E-state index contributed by atoms with van der Waals surface area (Å²) in [7, 11) is 1.31. The van der Waals surface area contributed by atoms with Gasteiger partial charge in [0.05, 0.1) is 24.1 Å². The van der Waals surface area contributed by atoms with E-state index in [0.717, 1.165) is 25.8 Å². The summed E-state index contributed by atoms with van der Waals surface area (Å²) in [5, 5.41) is 11.4. The van der Waals surface area contributed by atoms with Gasteiger partial charge in [-0.3, -0.25) is 4.79 Å². The average Bonchev–Trinajstić information content (AvgIpc) is 3.07. The third-order valence-corrected chi connectivity index (χ3v) is 4.50. The number of hydrogen-bond donors (Lipinski definition) is 1. The Kier molecular flexibility index (Phi) is 7.46. The topological polar surface area (TPSA) is 86.1 Å². The first-order chi connectivity index (χ1) is 12.2. The number of nitrogens with one attached hydrogen (secondary N) is 1. The van der Waals surface area contributed by atoms with Gasteiger partial charge in [0.25, 0.3) is 0 Å². The van der Waals surface area contributed by atoms with Crippen LogP contribution >= 0.6 is 11.8 Å². The summed E-state index contributed by atoms with van der Waals surface area (Å²) in [5.41, 5.74) is 0.760. The minimum atomic E-state index is -0.487. The van der Waals surface area contributed by atoms with E-state index in [9.17, 15) is 9.59 Å². The van der Waals surface area contributed by atoms with Crippen molar-refractivity contribution in [2.75, 3.05) is 18.2 Å². The summed E-state index contributed by atoms with van der Waals surface area (Å²) in [6.45, 7) is 2.99. The van der Waals surface area contributed by atoms with Crippen molar-refractivity contribution in [3.05, 3.63) is 36.2 Å². The second kappa shape index (κ2) is 9.83. The van der Waals surface area contributed by atoms with Gasteiger partial charge in [0, 0.05) is 6.54 Å². The van der Waals surface area contributed by atoms with Crippen molar-refractivity contribution in [1.82, 2.24) is 14.8 Å². The van der Waals surface area contributed by atoms with Crippen LogP contribution < -0.4 is 5.32 Å². The molecule has 1 aromatic carbocycles. The lowest BCUT2D eigenvalue weighted by atomic mass is 10.2. The quantitative estimate of drug-likeness (QED) is 0.419. The Labute approximate surface area is 151 Å². The van der Waals surface area contributed by atoms with Crippen molar-refractivity contribution in [3.63, 3.8) is 0 Å². The summed E-state index contributed by atoms with van der Waals surface area (Å²) in [6.07, 6.45) is 5.03. The molecular formula is C17H22N4O3S. The second-order valence-electron chi connectivity index (χ2n) is 5.39. The maximum atomic E-state index is 12.2. The number of aromatic nitrogens is 3. The highest BCUT2D eigenvalue weighted by molar-refractivity contribution is 7.99. The lowest BCUT2D eigenvalue weighted by Gasteiger charge is -2.09. The highest BCUT2D eigenvalue weighted by Crippen LogP contribution is 2.19. The molecular weight excluding hydrogens is 340 g/mol. The fourth-order valence-corrected chi connectivity index (χ4v) is 2.98. The number of nitrogens with zero attached hydrogens (tertiary/aromatic N) is 3. The molecule has 1 heterocycles. The van der Waals surface area contributed by atoms with Crippen LogP contribution in [0, 0.1) is 0 Å². The van der Waals surface area contributed by atoms with Gasteiger partial charge < -0.3 is 14.6 Å². The Morgan fingerprint density at radius 3 is 2.84 bits per heavy atom. The second-order valence-corrected chi connectivity index (χ2v) is 6.33. The number of rotatable bonds is 9. The van der Waals surface area contributed by atoms with Gasteiger partial charge in [0.15, 0.2) is 5.16 Å². The smallest absolute Gasteiger partial charge is 0.339 e. The van der Waals surface area contributed by atoms with Crippen LogP contribution in [-0.4, -0.2) is 39.5 Å². The van der Waals surface area contributed by atoms with Crippen LogP contribution in [-0.2, 0) is 16.1 Å². The van der Waals surface area contributed by atoms with Crippen molar-refractivity contribution < 1.29 is 14.3 Å². The number of carbonyl (C=O) groups excluding carboxylic acids is 2. The molecule has 0 saturated carbocycles. The van der Waals surface area contributed by atoms with Gasteiger partial charge in [-0.25, -0.2) is 4.79 Å². The zero-order chi connectivity index (χ0) is 18.1. The number of anilines is 1. The van der Waals surface area contributed by atoms with Gasteiger partial charge in [-0.2, -0.15) is 0 Å². The molecule has 2 rings (SSSR count). The molecule has 25 heavy (non-hydrogen) atoms. The van der Waals surface area contributed by atoms with E-state index in [2.05, 4.69) is 22.4 Å². The van der Waals surface area contributed by atoms with Crippen molar-refractivity contribution in [3.8, 4) is 0 Å². The number of carbonyl (C=O) groups is 2. The number of unbranched alkanes of at least 4 members (excludes halogenated alkanes) is 2. The Hall–Kier alpha value is -2.35. The molecule has 0 aliphatic heterocycles. The highest BCUT2D eigenvalue weighted by atomic mass is 32.2. The molecule has 0 fully saturated rings. The summed E-state index contributed by atoms with van der Waals surface area (Å²) in [6, 6.07) is 6.75. The monoisotopic (exact) mass is 362 g/mol. The van der Waals surface area contributed by atoms with Crippen molar-refractivity contribution >= 4 is 29.3 Å². The van der Waals surface area contributed by atoms with Crippen LogP contribution in [0.5, 0.6) is 0 Å². The van der Waals surface area contributed by atoms with Crippen LogP contribution in [0.2, 0.25) is 0 Å². The largest absolute Gasteiger partial charge is 0.465 e. The number of hydrogen-bond acceptors (Lipinski definition) is 6. The Morgan fingerprint density at radius 2 is 2.08 bits per heavy atom. The van der Waals surface area contributed by atoms with Gasteiger partial charge in [-0.15, -0.1) is 10.2 Å². The van der Waals surface area contributed by atoms with Gasteiger partial charge >= 0.3 is 5.97 Å². The lowest BCUT2D eigenvalue weighted by molar-refractivity contribution is -0.113. The van der Waals surface area contributed by atoms with E-state index < -0.39 is 5.97 Å². The van der Waals surface area contributed by atoms with E-state index in [0.29, 0.717) is 16.4 Å². The van der Waals surface area contributed by atoms with Crippen LogP contribution in [0.25, 0.3) is 0 Å². The summed E-state index contributed by atoms with van der Waals surface area (Å²) < 4.78 is 6.68. The Morgan fingerprint density at radius 1 is 1.28 bits per heavy atom. The molecule has 0 unspecified atom stereocenters. The van der Waals surface area contributed by atoms with Gasteiger partial charge in [-0.1, -0.05) is 43.7 Å². The van der Waals surface area contributed by atoms with E-state index in [-0.39, 0.29) is 11.7 Å². The SMILES string of the molecule is CCCCCn1cnnc1SCC(=O)Nc1ccccc1C(=O)OC. The number of esters is 1. The van der Waals surface area contributed by atoms with E-state index in [4.69, 9.17) is 4.74 Å². The van der Waals surface area contributed by atoms with Crippen molar-refractivity contribution in [1.29, 1.82) is 0 Å². The minimum absolute atomic E-state index is 0.183. The molecule has 7 nitrogen and oxygen atoms in total. The number of para-hydroxylation sites is 1. The standard InChI is InChI=1S/C17H22N4O3S/c1-3-4-7-10-21-12-18-20-17(21)25-11-15(22)19-14-9-6-5-8-13(14)16(23)24-2/h5-6,8-9,12H,3-4,7,10-11H2,1-2H3,(H,19,22). The summed E-state index contributed by atoms with van der Waals surface area (Å²) in [4.78, 5) is 23.9. The summed E-state index contributed by atoms with van der Waals surface area (Å²) >= 11 is 1.32. The van der Waals surface area contributed by atoms with Crippen LogP contribution in [0.15, 0.2) is 35.7 Å². The predicted molar refractivity (Wildman–Crippen MR) is 96.7 cm³/mol. The number of amides is 1. The Bertz CT molecular complexity index is 717. The van der Waals surface area contributed by atoms with E-state index >= 15 is 0 Å². The van der Waals surface area contributed by atoms with Crippen molar-refractivity contribution in [2.45, 2.75) is 37.9 Å². The fraction of sp³-hybridized carbons (Fsp3) is 0.412. The highest BCUT2D eigenvalue weighted by Gasteiger charge is 2.14. The van der Waals surface area contributed by atoms with Gasteiger partial charge in [0.1, 0.15) is 6.33 Å². The predicted octanol–water partition coefficient (Wildman–Crippen LogP) is 2.99. The Balaban J connectivity index is 1.92. The van der Waals surface area contributed by atoms with Crippen LogP contribution in [0.4, 0.5) is 5.69 Å². The average molecular weight is 362 g/mol. The summed E-state index contributed by atoms with van der Waals surface area (Å²) in [5.74, 6) is -0.522. The van der Waals surface area contributed by atoms with Crippen LogP contribution in [0.3, 0.4) is 0 Å². The zero-order valence-electron chi connectivity index (χ0n) is 14.4. The van der Waals surface area contributed by atoms with Crippen molar-refractivity contribution in [2.24, 2.45) is 0 Å². The molecule has 1 amide bonds. The van der Waals surface area contributed by atoms with E-state index in [1.807, 2.05) is 4.57 Å². The third kappa shape index (κ3) is 5.60. The molecule has 0 spiro atoms. The molecule has 0 bridgehead atoms. The maximum Gasteiger partial charge on any atom is 0.339 e. The normalized spacial score (nSPS) is 10.5. The molecule has 134 valence electrons. The van der Waals surface area contributed by atoms with E-state index in [1.54, 1.807) is 30.6 Å². The molecule has 0 saturated heterocycles. The number of methoxy groups -OCH3 is 1. The van der Waals surface area contributed by atoms with Crippen LogP contribution in [0.1, 0.15) is 36.5 Å². The fourth-order valence-electron chi connectivity index (χ4n) is 2.24. The van der Waals surface area contributed by atoms with Gasteiger partial charge in [-0.05, 0) is 18.6 Å². The zero-order valence-corrected chi connectivity index (χ0v) is 15.2. The number of ether oxygens (including phenoxy) is 1. The molecule has 0 atom stereocenters. The third-order valence-electron chi connectivity index (χ3n) is 3.52. The van der Waals surface area contributed by atoms with E-state index in [1.165, 1.54) is 18.9 Å². The lowest BCUT2D eigenvalue weighted by Crippen LogP contribution is -2.17. The number of thioether (sulfide) groups is 1. The molecule has 1 N–H and O–H groups in total. The molecule has 0 radical (unpaired) electrons. The molecule has 0 aliphatic rings.